The van der Waals surface area contributed by atoms with Crippen molar-refractivity contribution in [1.82, 2.24) is 0 Å². The van der Waals surface area contributed by atoms with Crippen LogP contribution in [0.15, 0.2) is 136 Å². The first-order valence-corrected chi connectivity index (χ1v) is 17.7. The van der Waals surface area contributed by atoms with E-state index in [1.54, 1.807) is 0 Å². The van der Waals surface area contributed by atoms with Crippen molar-refractivity contribution in [2.24, 2.45) is 0 Å². The molecule has 0 aliphatic heterocycles. The largest absolute Gasteiger partial charge is 0.458 e. The van der Waals surface area contributed by atoms with Gasteiger partial charge in [0.2, 0.25) is 0 Å². The molecule has 0 fully saturated rings. The van der Waals surface area contributed by atoms with Crippen molar-refractivity contribution in [2.45, 2.75) is 32.4 Å². The number of benzene rings is 3. The molecule has 0 heterocycles. The van der Waals surface area contributed by atoms with E-state index in [9.17, 15) is 24.0 Å². The average Bonchev–Trinajstić information content (AvgIpc) is 3.25. The molecule has 0 radical (unpaired) electrons. The first kappa shape index (κ1) is 45.5. The first-order chi connectivity index (χ1) is 27.6. The monoisotopic (exact) mass is 781 g/mol. The molecule has 0 unspecified atom stereocenters. The average molecular weight is 782 g/mol. The summed E-state index contributed by atoms with van der Waals surface area (Å²) in [5.41, 5.74) is 4.93. The third kappa shape index (κ3) is 16.8. The minimum Gasteiger partial charge on any atom is -0.458 e. The molecular weight excluding hydrogens is 734 g/mol. The second-order valence-corrected chi connectivity index (χ2v) is 12.0. The molecular formula is C44H47NO12. The Bertz CT molecular complexity index is 1680. The Kier molecular flexibility index (Phi) is 20.2. The molecule has 13 nitrogen and oxygen atoms in total. The number of esters is 1. The number of carbonyl (C=O) groups is 5. The fraction of sp³-hybridized carbons (Fsp3) is 0.250. The minimum absolute atomic E-state index is 0.0437. The lowest BCUT2D eigenvalue weighted by atomic mass is 10.1. The summed E-state index contributed by atoms with van der Waals surface area (Å²) >= 11 is 0. The van der Waals surface area contributed by atoms with E-state index in [0.717, 1.165) is 64.1 Å². The maximum Gasteiger partial charge on any atom is 0.330 e. The number of nitrogens with zero attached hydrogens (tertiary/aromatic N) is 1. The van der Waals surface area contributed by atoms with Crippen LogP contribution in [-0.2, 0) is 77.0 Å². The third-order valence-electron chi connectivity index (χ3n) is 7.73. The molecule has 0 saturated carbocycles. The van der Waals surface area contributed by atoms with Gasteiger partial charge in [0, 0.05) is 23.1 Å². The van der Waals surface area contributed by atoms with E-state index in [1.807, 2.05) is 77.7 Å². The number of carbonyl (C=O) groups excluding carboxylic acids is 5. The number of rotatable bonds is 30. The summed E-state index contributed by atoms with van der Waals surface area (Å²) < 4.78 is 38.7. The van der Waals surface area contributed by atoms with Gasteiger partial charge in [0.05, 0.1) is 26.4 Å². The van der Waals surface area contributed by atoms with Crippen molar-refractivity contribution in [3.05, 3.63) is 153 Å². The number of hydrogen-bond acceptors (Lipinski definition) is 13. The summed E-state index contributed by atoms with van der Waals surface area (Å²) in [6.45, 7) is 16.4. The summed E-state index contributed by atoms with van der Waals surface area (Å²) in [6, 6.07) is 22.9. The zero-order valence-electron chi connectivity index (χ0n) is 31.7. The van der Waals surface area contributed by atoms with Crippen LogP contribution in [0, 0.1) is 0 Å². The van der Waals surface area contributed by atoms with Crippen LogP contribution in [-0.4, -0.2) is 81.3 Å². The topological polar surface area (TPSA) is 153 Å². The Morgan fingerprint density at radius 1 is 0.456 bits per heavy atom. The van der Waals surface area contributed by atoms with Crippen molar-refractivity contribution in [2.75, 3.05) is 44.5 Å². The third-order valence-corrected chi connectivity index (χ3v) is 7.73. The Balaban J connectivity index is 1.75. The molecule has 57 heavy (non-hydrogen) atoms. The Morgan fingerprint density at radius 3 is 1.04 bits per heavy atom. The Morgan fingerprint density at radius 2 is 0.754 bits per heavy atom. The fourth-order valence-electron chi connectivity index (χ4n) is 4.66. The lowest BCUT2D eigenvalue weighted by molar-refractivity contribution is -0.178. The predicted octanol–water partition coefficient (Wildman–Crippen LogP) is 6.16. The summed E-state index contributed by atoms with van der Waals surface area (Å²) in [6.07, 6.45) is 3.72. The van der Waals surface area contributed by atoms with Crippen LogP contribution in [0.1, 0.15) is 16.7 Å². The highest BCUT2D eigenvalue weighted by Gasteiger charge is 2.17. The van der Waals surface area contributed by atoms with Gasteiger partial charge in [0.1, 0.15) is 33.0 Å². The van der Waals surface area contributed by atoms with Gasteiger partial charge in [-0.2, -0.15) is 0 Å². The van der Waals surface area contributed by atoms with E-state index in [1.165, 1.54) is 0 Å². The van der Waals surface area contributed by atoms with E-state index in [-0.39, 0.29) is 82.6 Å². The van der Waals surface area contributed by atoms with Gasteiger partial charge in [-0.15, -0.1) is 0 Å². The van der Waals surface area contributed by atoms with Crippen LogP contribution >= 0.6 is 0 Å². The Hall–Kier alpha value is -5.93. The van der Waals surface area contributed by atoms with E-state index in [2.05, 4.69) is 32.9 Å². The highest BCUT2D eigenvalue weighted by atomic mass is 16.7. The molecule has 0 aliphatic rings. The number of ether oxygens (including phenoxy) is 7. The van der Waals surface area contributed by atoms with E-state index < -0.39 is 18.5 Å². The van der Waals surface area contributed by atoms with Gasteiger partial charge in [-0.1, -0.05) is 69.3 Å². The summed E-state index contributed by atoms with van der Waals surface area (Å²) in [7, 11) is 0. The molecule has 0 amide bonds. The SMILES string of the molecule is C=CC(=O)COC(COCc1ccc(N(c2ccc(COCC(OCC(=O)C=C)OCC(=O)C=C)cc2)c2ccc(COC(=O)C=C)cc2)cc1)OCC(=O)C=C. The molecule has 300 valence electrons. The molecule has 3 aromatic rings. The lowest BCUT2D eigenvalue weighted by Gasteiger charge is -2.26. The van der Waals surface area contributed by atoms with Gasteiger partial charge < -0.3 is 38.1 Å². The van der Waals surface area contributed by atoms with Crippen LogP contribution in [0.5, 0.6) is 0 Å². The second kappa shape index (κ2) is 25.3. The Labute approximate surface area is 332 Å². The van der Waals surface area contributed by atoms with Crippen molar-refractivity contribution in [3.8, 4) is 0 Å². The second-order valence-electron chi connectivity index (χ2n) is 12.0. The molecule has 13 heteroatoms. The summed E-state index contributed by atoms with van der Waals surface area (Å²) in [5, 5.41) is 0. The molecule has 0 spiro atoms. The first-order valence-electron chi connectivity index (χ1n) is 17.7. The van der Waals surface area contributed by atoms with Gasteiger partial charge in [0.15, 0.2) is 35.7 Å². The molecule has 0 aliphatic carbocycles. The smallest absolute Gasteiger partial charge is 0.330 e. The standard InChI is InChI=1S/C44H47NO12/c1-6-38(46)26-54-43(55-27-39(47)7-2)30-51-23-32-11-17-35(18-12-32)45(37-21-15-34(16-22-37)25-53-42(50)10-5)36-19-13-33(14-20-36)24-52-31-44(56-28-40(48)8-3)57-29-41(49)9-4/h6-22,43-44H,1-5,23-31H2. The molecule has 0 N–H and O–H groups in total. The number of hydrogen-bond donors (Lipinski definition) is 0. The maximum absolute atomic E-state index is 11.7. The lowest BCUT2D eigenvalue weighted by Crippen LogP contribution is -2.28. The van der Waals surface area contributed by atoms with Crippen LogP contribution in [0.4, 0.5) is 17.1 Å². The fourth-order valence-corrected chi connectivity index (χ4v) is 4.66. The molecule has 3 aromatic carbocycles. The van der Waals surface area contributed by atoms with E-state index in [0.29, 0.717) is 0 Å². The minimum atomic E-state index is -0.965. The zero-order valence-corrected chi connectivity index (χ0v) is 31.7. The van der Waals surface area contributed by atoms with Crippen molar-refractivity contribution >= 4 is 46.2 Å². The predicted molar refractivity (Wildman–Crippen MR) is 213 cm³/mol. The zero-order chi connectivity index (χ0) is 41.4. The van der Waals surface area contributed by atoms with Crippen molar-refractivity contribution in [3.63, 3.8) is 0 Å². The van der Waals surface area contributed by atoms with Crippen LogP contribution < -0.4 is 4.90 Å². The van der Waals surface area contributed by atoms with Gasteiger partial charge >= 0.3 is 5.97 Å². The molecule has 3 rings (SSSR count). The number of ketones is 4. The highest BCUT2D eigenvalue weighted by molar-refractivity contribution is 5.91. The maximum atomic E-state index is 11.7. The normalized spacial score (nSPS) is 10.8. The molecule has 0 saturated heterocycles. The molecule has 0 atom stereocenters. The quantitative estimate of drug-likeness (QED) is 0.0432. The van der Waals surface area contributed by atoms with Crippen molar-refractivity contribution < 1.29 is 57.1 Å². The van der Waals surface area contributed by atoms with Crippen LogP contribution in [0.25, 0.3) is 0 Å². The number of anilines is 3. The summed E-state index contributed by atoms with van der Waals surface area (Å²) in [5.74, 6) is -1.88. The van der Waals surface area contributed by atoms with Crippen molar-refractivity contribution in [1.29, 1.82) is 0 Å². The van der Waals surface area contributed by atoms with Gasteiger partial charge in [-0.25, -0.2) is 4.79 Å². The summed E-state index contributed by atoms with van der Waals surface area (Å²) in [4.78, 5) is 60.3. The molecule has 0 bridgehead atoms. The van der Waals surface area contributed by atoms with Gasteiger partial charge in [-0.05, 0) is 77.4 Å². The van der Waals surface area contributed by atoms with E-state index in [4.69, 9.17) is 33.2 Å². The van der Waals surface area contributed by atoms with Gasteiger partial charge in [0.25, 0.3) is 0 Å². The van der Waals surface area contributed by atoms with E-state index >= 15 is 0 Å². The van der Waals surface area contributed by atoms with Crippen LogP contribution in [0.3, 0.4) is 0 Å². The van der Waals surface area contributed by atoms with Crippen LogP contribution in [0.2, 0.25) is 0 Å². The highest BCUT2D eigenvalue weighted by Crippen LogP contribution is 2.35. The molecule has 0 aromatic heterocycles. The van der Waals surface area contributed by atoms with Gasteiger partial charge in [-0.3, -0.25) is 19.2 Å².